The normalized spacial score (nSPS) is 17.3. The van der Waals surface area contributed by atoms with Gasteiger partial charge in [-0.05, 0) is 42.2 Å². The van der Waals surface area contributed by atoms with Gasteiger partial charge in [0.2, 0.25) is 0 Å². The third-order valence-corrected chi connectivity index (χ3v) is 4.88. The molecule has 142 valence electrons. The Balaban J connectivity index is 1.62. The lowest BCUT2D eigenvalue weighted by atomic mass is 10.0. The molecule has 0 spiro atoms. The van der Waals surface area contributed by atoms with Gasteiger partial charge in [-0.15, -0.1) is 0 Å². The van der Waals surface area contributed by atoms with Gasteiger partial charge in [0.25, 0.3) is 11.8 Å². The van der Waals surface area contributed by atoms with Crippen LogP contribution in [0.2, 0.25) is 0 Å². The third-order valence-electron chi connectivity index (χ3n) is 4.88. The number of carbonyl (C=O) groups excluding carboxylic acids is 2. The van der Waals surface area contributed by atoms with Crippen molar-refractivity contribution in [2.24, 2.45) is 0 Å². The Morgan fingerprint density at radius 2 is 1.89 bits per heavy atom. The van der Waals surface area contributed by atoms with E-state index in [4.69, 9.17) is 4.74 Å². The molecule has 2 amide bonds. The smallest absolute Gasteiger partial charge is 0.253 e. The Morgan fingerprint density at radius 3 is 2.56 bits per heavy atom. The van der Waals surface area contributed by atoms with Gasteiger partial charge < -0.3 is 15.0 Å². The fourth-order valence-corrected chi connectivity index (χ4v) is 3.17. The molecule has 1 saturated heterocycles. The SMILES string of the molecule is Cc1ccccc1C(=O)NCC1CN(c2ccc(C(C)C)cc2)C(=O)CO1. The lowest BCUT2D eigenvalue weighted by Gasteiger charge is -2.33. The Bertz CT molecular complexity index is 815. The number of nitrogens with zero attached hydrogens (tertiary/aromatic N) is 1. The Labute approximate surface area is 160 Å². The van der Waals surface area contributed by atoms with Crippen LogP contribution in [0, 0.1) is 6.92 Å². The number of ether oxygens (including phenoxy) is 1. The summed E-state index contributed by atoms with van der Waals surface area (Å²) in [4.78, 5) is 26.4. The maximum absolute atomic E-state index is 12.4. The minimum Gasteiger partial charge on any atom is -0.365 e. The molecular formula is C22H26N2O3. The zero-order valence-electron chi connectivity index (χ0n) is 16.1. The van der Waals surface area contributed by atoms with Gasteiger partial charge in [0.1, 0.15) is 6.61 Å². The average Bonchev–Trinajstić information content (AvgIpc) is 2.67. The summed E-state index contributed by atoms with van der Waals surface area (Å²) in [5.41, 5.74) is 3.69. The lowest BCUT2D eigenvalue weighted by Crippen LogP contribution is -2.50. The van der Waals surface area contributed by atoms with Crippen molar-refractivity contribution < 1.29 is 14.3 Å². The predicted molar refractivity (Wildman–Crippen MR) is 106 cm³/mol. The van der Waals surface area contributed by atoms with E-state index in [1.807, 2.05) is 37.3 Å². The molecule has 1 aliphatic rings. The first kappa shape index (κ1) is 19.1. The molecule has 5 nitrogen and oxygen atoms in total. The molecule has 5 heteroatoms. The van der Waals surface area contributed by atoms with Crippen LogP contribution in [0.15, 0.2) is 48.5 Å². The summed E-state index contributed by atoms with van der Waals surface area (Å²) in [5.74, 6) is 0.263. The molecular weight excluding hydrogens is 340 g/mol. The highest BCUT2D eigenvalue weighted by atomic mass is 16.5. The highest BCUT2D eigenvalue weighted by molar-refractivity contribution is 5.96. The maximum Gasteiger partial charge on any atom is 0.253 e. The van der Waals surface area contributed by atoms with E-state index in [1.165, 1.54) is 5.56 Å². The number of carbonyl (C=O) groups is 2. The van der Waals surface area contributed by atoms with Crippen LogP contribution in [-0.2, 0) is 9.53 Å². The van der Waals surface area contributed by atoms with Gasteiger partial charge in [-0.1, -0.05) is 44.2 Å². The number of rotatable bonds is 5. The highest BCUT2D eigenvalue weighted by Gasteiger charge is 2.28. The standard InChI is InChI=1S/C22H26N2O3/c1-15(2)17-8-10-18(11-9-17)24-13-19(27-14-21(24)25)12-23-22(26)20-7-5-4-6-16(20)3/h4-11,15,19H,12-14H2,1-3H3,(H,23,26). The summed E-state index contributed by atoms with van der Waals surface area (Å²) in [5, 5.41) is 2.92. The molecule has 1 fully saturated rings. The summed E-state index contributed by atoms with van der Waals surface area (Å²) >= 11 is 0. The molecule has 1 aliphatic heterocycles. The van der Waals surface area contributed by atoms with Crippen LogP contribution >= 0.6 is 0 Å². The maximum atomic E-state index is 12.4. The third kappa shape index (κ3) is 4.55. The molecule has 3 rings (SSSR count). The number of hydrogen-bond acceptors (Lipinski definition) is 3. The molecule has 2 aromatic rings. The number of benzene rings is 2. The van der Waals surface area contributed by atoms with Crippen molar-refractivity contribution in [3.05, 3.63) is 65.2 Å². The van der Waals surface area contributed by atoms with Gasteiger partial charge in [-0.25, -0.2) is 0 Å². The van der Waals surface area contributed by atoms with Crippen molar-refractivity contribution in [2.45, 2.75) is 32.8 Å². The van der Waals surface area contributed by atoms with E-state index in [1.54, 1.807) is 11.0 Å². The van der Waals surface area contributed by atoms with Crippen LogP contribution in [-0.4, -0.2) is 37.6 Å². The van der Waals surface area contributed by atoms with E-state index < -0.39 is 0 Å². The number of nitrogens with one attached hydrogen (secondary N) is 1. The minimum absolute atomic E-state index is 0.0246. The van der Waals surface area contributed by atoms with Gasteiger partial charge in [0, 0.05) is 17.8 Å². The number of aryl methyl sites for hydroxylation is 1. The number of hydrogen-bond donors (Lipinski definition) is 1. The molecule has 0 saturated carbocycles. The summed E-state index contributed by atoms with van der Waals surface area (Å²) in [6.07, 6.45) is -0.236. The predicted octanol–water partition coefficient (Wildman–Crippen LogP) is 3.28. The molecule has 2 aromatic carbocycles. The Morgan fingerprint density at radius 1 is 1.19 bits per heavy atom. The zero-order chi connectivity index (χ0) is 19.4. The van der Waals surface area contributed by atoms with Crippen LogP contribution in [0.3, 0.4) is 0 Å². The number of anilines is 1. The van der Waals surface area contributed by atoms with Crippen LogP contribution in [0.4, 0.5) is 5.69 Å². The quantitative estimate of drug-likeness (QED) is 0.883. The molecule has 27 heavy (non-hydrogen) atoms. The van der Waals surface area contributed by atoms with Crippen molar-refractivity contribution in [3.8, 4) is 0 Å². The fraction of sp³-hybridized carbons (Fsp3) is 0.364. The first-order valence-electron chi connectivity index (χ1n) is 9.31. The summed E-state index contributed by atoms with van der Waals surface area (Å²) in [6, 6.07) is 15.5. The Kier molecular flexibility index (Phi) is 5.91. The van der Waals surface area contributed by atoms with Gasteiger partial charge in [0.15, 0.2) is 0 Å². The minimum atomic E-state index is -0.236. The van der Waals surface area contributed by atoms with Gasteiger partial charge in [-0.2, -0.15) is 0 Å². The topological polar surface area (TPSA) is 58.6 Å². The number of morpholine rings is 1. The van der Waals surface area contributed by atoms with E-state index >= 15 is 0 Å². The van der Waals surface area contributed by atoms with Crippen molar-refractivity contribution in [3.63, 3.8) is 0 Å². The Hall–Kier alpha value is -2.66. The molecule has 0 aliphatic carbocycles. The molecule has 0 bridgehead atoms. The van der Waals surface area contributed by atoms with E-state index in [9.17, 15) is 9.59 Å². The largest absolute Gasteiger partial charge is 0.365 e. The van der Waals surface area contributed by atoms with Crippen LogP contribution in [0.1, 0.15) is 41.3 Å². The monoisotopic (exact) mass is 366 g/mol. The molecule has 1 atom stereocenters. The molecule has 1 heterocycles. The zero-order valence-corrected chi connectivity index (χ0v) is 16.1. The molecule has 0 radical (unpaired) electrons. The van der Waals surface area contributed by atoms with Crippen molar-refractivity contribution in [1.82, 2.24) is 5.32 Å². The van der Waals surface area contributed by atoms with Gasteiger partial charge in [0.05, 0.1) is 12.6 Å². The van der Waals surface area contributed by atoms with Crippen molar-refractivity contribution >= 4 is 17.5 Å². The number of amides is 2. The van der Waals surface area contributed by atoms with Crippen molar-refractivity contribution in [2.75, 3.05) is 24.6 Å². The van der Waals surface area contributed by atoms with Crippen molar-refractivity contribution in [1.29, 1.82) is 0 Å². The summed E-state index contributed by atoms with van der Waals surface area (Å²) in [7, 11) is 0. The van der Waals surface area contributed by atoms with Crippen LogP contribution in [0.25, 0.3) is 0 Å². The fourth-order valence-electron chi connectivity index (χ4n) is 3.17. The summed E-state index contributed by atoms with van der Waals surface area (Å²) in [6.45, 7) is 7.00. The molecule has 0 aromatic heterocycles. The first-order chi connectivity index (χ1) is 13.0. The first-order valence-corrected chi connectivity index (χ1v) is 9.31. The lowest BCUT2D eigenvalue weighted by molar-refractivity contribution is -0.129. The van der Waals surface area contributed by atoms with E-state index in [0.717, 1.165) is 11.3 Å². The van der Waals surface area contributed by atoms with Crippen LogP contribution < -0.4 is 10.2 Å². The molecule has 1 N–H and O–H groups in total. The van der Waals surface area contributed by atoms with E-state index in [0.29, 0.717) is 24.6 Å². The second kappa shape index (κ2) is 8.35. The highest BCUT2D eigenvalue weighted by Crippen LogP contribution is 2.22. The van der Waals surface area contributed by atoms with E-state index in [2.05, 4.69) is 31.3 Å². The van der Waals surface area contributed by atoms with Gasteiger partial charge >= 0.3 is 0 Å². The van der Waals surface area contributed by atoms with E-state index in [-0.39, 0.29) is 24.5 Å². The molecule has 1 unspecified atom stereocenters. The second-order valence-electron chi connectivity index (χ2n) is 7.21. The summed E-state index contributed by atoms with van der Waals surface area (Å²) < 4.78 is 5.61. The van der Waals surface area contributed by atoms with Crippen LogP contribution in [0.5, 0.6) is 0 Å². The average molecular weight is 366 g/mol. The van der Waals surface area contributed by atoms with Gasteiger partial charge in [-0.3, -0.25) is 9.59 Å². The second-order valence-corrected chi connectivity index (χ2v) is 7.21.